The van der Waals surface area contributed by atoms with Crippen LogP contribution < -0.4 is 5.32 Å². The van der Waals surface area contributed by atoms with Crippen molar-refractivity contribution in [2.45, 2.75) is 6.92 Å². The summed E-state index contributed by atoms with van der Waals surface area (Å²) in [6.45, 7) is 1.61. The first-order valence-corrected chi connectivity index (χ1v) is 6.33. The van der Waals surface area contributed by atoms with Gasteiger partial charge in [-0.3, -0.25) is 4.79 Å². The normalized spacial score (nSPS) is 10.3. The summed E-state index contributed by atoms with van der Waals surface area (Å²) in [4.78, 5) is 25.9. The van der Waals surface area contributed by atoms with Gasteiger partial charge < -0.3 is 15.4 Å². The average Bonchev–Trinajstić information content (AvgIpc) is 2.73. The number of hydrogen-bond donors (Lipinski definition) is 3. The lowest BCUT2D eigenvalue weighted by molar-refractivity contribution is 0.0697. The Morgan fingerprint density at radius 2 is 1.95 bits per heavy atom. The van der Waals surface area contributed by atoms with Crippen LogP contribution in [0.1, 0.15) is 26.4 Å². The van der Waals surface area contributed by atoms with Gasteiger partial charge in [0.1, 0.15) is 5.56 Å². The predicted molar refractivity (Wildman–Crippen MR) is 76.9 cm³/mol. The van der Waals surface area contributed by atoms with E-state index in [9.17, 15) is 9.59 Å². The molecule has 0 aliphatic heterocycles. The molecule has 1 heterocycles. The molecule has 0 spiro atoms. The first kappa shape index (κ1) is 14.4. The Hall–Kier alpha value is -1.98. The number of carboxylic acids is 1. The molecular formula is C13H10Cl2N2O3. The largest absolute Gasteiger partial charge is 0.478 e. The van der Waals surface area contributed by atoms with Gasteiger partial charge in [0.15, 0.2) is 0 Å². The van der Waals surface area contributed by atoms with E-state index in [1.54, 1.807) is 6.92 Å². The number of aryl methyl sites for hydroxylation is 1. The molecule has 0 saturated carbocycles. The van der Waals surface area contributed by atoms with Gasteiger partial charge in [0.05, 0.1) is 15.7 Å². The molecule has 0 aliphatic carbocycles. The third-order valence-corrected chi connectivity index (χ3v) is 3.46. The lowest BCUT2D eigenvalue weighted by Crippen LogP contribution is -2.14. The first-order valence-electron chi connectivity index (χ1n) is 5.58. The van der Waals surface area contributed by atoms with Crippen LogP contribution in [0.4, 0.5) is 5.69 Å². The second kappa shape index (κ2) is 5.56. The minimum absolute atomic E-state index is 0.0263. The van der Waals surface area contributed by atoms with E-state index in [0.29, 0.717) is 10.7 Å². The Morgan fingerprint density at radius 3 is 2.55 bits per heavy atom. The van der Waals surface area contributed by atoms with E-state index < -0.39 is 11.9 Å². The van der Waals surface area contributed by atoms with E-state index in [1.807, 2.05) is 0 Å². The second-order valence-electron chi connectivity index (χ2n) is 4.09. The molecule has 0 aliphatic rings. The van der Waals surface area contributed by atoms with Gasteiger partial charge in [0, 0.05) is 17.5 Å². The molecule has 0 saturated heterocycles. The van der Waals surface area contributed by atoms with Gasteiger partial charge in [-0.1, -0.05) is 23.2 Å². The molecule has 0 radical (unpaired) electrons. The van der Waals surface area contributed by atoms with Crippen LogP contribution in [0.25, 0.3) is 0 Å². The van der Waals surface area contributed by atoms with Crippen molar-refractivity contribution in [3.05, 3.63) is 51.3 Å². The van der Waals surface area contributed by atoms with Crippen LogP contribution in [0.2, 0.25) is 10.0 Å². The maximum Gasteiger partial charge on any atom is 0.339 e. The van der Waals surface area contributed by atoms with Crippen LogP contribution in [-0.4, -0.2) is 22.0 Å². The van der Waals surface area contributed by atoms with Gasteiger partial charge in [-0.05, 0) is 25.1 Å². The average molecular weight is 313 g/mol. The minimum Gasteiger partial charge on any atom is -0.478 e. The minimum atomic E-state index is -1.12. The zero-order valence-corrected chi connectivity index (χ0v) is 11.8. The summed E-state index contributed by atoms with van der Waals surface area (Å²) >= 11 is 11.6. The Kier molecular flexibility index (Phi) is 4.01. The third kappa shape index (κ3) is 2.79. The molecule has 0 atom stereocenters. The molecular weight excluding hydrogens is 303 g/mol. The van der Waals surface area contributed by atoms with Gasteiger partial charge in [-0.15, -0.1) is 0 Å². The number of benzene rings is 1. The van der Waals surface area contributed by atoms with E-state index in [0.717, 1.165) is 0 Å². The van der Waals surface area contributed by atoms with Crippen molar-refractivity contribution in [2.75, 3.05) is 5.32 Å². The van der Waals surface area contributed by atoms with E-state index in [1.165, 1.54) is 24.4 Å². The number of hydrogen-bond acceptors (Lipinski definition) is 2. The van der Waals surface area contributed by atoms with E-state index in [2.05, 4.69) is 10.3 Å². The summed E-state index contributed by atoms with van der Waals surface area (Å²) in [6.07, 6.45) is 1.42. The monoisotopic (exact) mass is 312 g/mol. The molecule has 0 fully saturated rings. The third-order valence-electron chi connectivity index (χ3n) is 2.72. The smallest absolute Gasteiger partial charge is 0.339 e. The molecule has 1 aromatic carbocycles. The van der Waals surface area contributed by atoms with Crippen molar-refractivity contribution < 1.29 is 14.7 Å². The molecule has 2 rings (SSSR count). The number of aromatic carboxylic acids is 1. The van der Waals surface area contributed by atoms with Crippen molar-refractivity contribution >= 4 is 40.8 Å². The summed E-state index contributed by atoms with van der Waals surface area (Å²) in [7, 11) is 0. The number of aromatic amines is 1. The molecule has 0 bridgehead atoms. The highest BCUT2D eigenvalue weighted by molar-refractivity contribution is 6.42. The maximum absolute atomic E-state index is 12.0. The molecule has 2 aromatic rings. The predicted octanol–water partition coefficient (Wildman–Crippen LogP) is 3.58. The quantitative estimate of drug-likeness (QED) is 0.810. The Labute approximate surface area is 124 Å². The fraction of sp³-hybridized carbons (Fsp3) is 0.0769. The number of aromatic nitrogens is 1. The van der Waals surface area contributed by atoms with Gasteiger partial charge in [-0.25, -0.2) is 4.79 Å². The lowest BCUT2D eigenvalue weighted by Gasteiger charge is -2.06. The number of carboxylic acid groups (broad SMARTS) is 1. The van der Waals surface area contributed by atoms with Gasteiger partial charge in [0.2, 0.25) is 0 Å². The number of rotatable bonds is 3. The van der Waals surface area contributed by atoms with Crippen LogP contribution in [0.5, 0.6) is 0 Å². The zero-order chi connectivity index (χ0) is 14.9. The highest BCUT2D eigenvalue weighted by atomic mass is 35.5. The summed E-state index contributed by atoms with van der Waals surface area (Å²) < 4.78 is 0. The first-order chi connectivity index (χ1) is 9.40. The van der Waals surface area contributed by atoms with E-state index in [-0.39, 0.29) is 21.8 Å². The van der Waals surface area contributed by atoms with Crippen LogP contribution in [0, 0.1) is 6.92 Å². The standard InChI is InChI=1S/C13H10Cl2N2O3/c1-6-11(13(19)20)10(5-16-6)17-12(18)7-2-3-8(14)9(15)4-7/h2-5,16H,1H3,(H,17,18)(H,19,20). The Balaban J connectivity index is 2.28. The summed E-state index contributed by atoms with van der Waals surface area (Å²) in [5.41, 5.74) is 0.973. The van der Waals surface area contributed by atoms with Gasteiger partial charge in [0.25, 0.3) is 5.91 Å². The molecule has 20 heavy (non-hydrogen) atoms. The molecule has 3 N–H and O–H groups in total. The number of carbonyl (C=O) groups is 2. The Bertz CT molecular complexity index is 695. The Morgan fingerprint density at radius 1 is 1.25 bits per heavy atom. The molecule has 5 nitrogen and oxygen atoms in total. The van der Waals surface area contributed by atoms with Gasteiger partial charge in [-0.2, -0.15) is 0 Å². The fourth-order valence-corrected chi connectivity index (χ4v) is 2.03. The molecule has 7 heteroatoms. The highest BCUT2D eigenvalue weighted by Crippen LogP contribution is 2.24. The summed E-state index contributed by atoms with van der Waals surface area (Å²) in [5.74, 6) is -1.58. The van der Waals surface area contributed by atoms with E-state index in [4.69, 9.17) is 28.3 Å². The summed E-state index contributed by atoms with van der Waals surface area (Å²) in [6, 6.07) is 4.42. The number of nitrogens with one attached hydrogen (secondary N) is 2. The van der Waals surface area contributed by atoms with Crippen molar-refractivity contribution in [1.82, 2.24) is 4.98 Å². The maximum atomic E-state index is 12.0. The number of carbonyl (C=O) groups excluding carboxylic acids is 1. The highest BCUT2D eigenvalue weighted by Gasteiger charge is 2.18. The van der Waals surface area contributed by atoms with Crippen molar-refractivity contribution in [1.29, 1.82) is 0 Å². The number of amides is 1. The molecule has 0 unspecified atom stereocenters. The molecule has 1 aromatic heterocycles. The topological polar surface area (TPSA) is 82.2 Å². The van der Waals surface area contributed by atoms with Crippen molar-refractivity contribution in [2.24, 2.45) is 0 Å². The van der Waals surface area contributed by atoms with Crippen LogP contribution >= 0.6 is 23.2 Å². The van der Waals surface area contributed by atoms with Gasteiger partial charge >= 0.3 is 5.97 Å². The number of H-pyrrole nitrogens is 1. The fourth-order valence-electron chi connectivity index (χ4n) is 1.73. The second-order valence-corrected chi connectivity index (χ2v) is 4.90. The summed E-state index contributed by atoms with van der Waals surface area (Å²) in [5, 5.41) is 12.2. The van der Waals surface area contributed by atoms with Crippen LogP contribution in [0.15, 0.2) is 24.4 Å². The molecule has 104 valence electrons. The van der Waals surface area contributed by atoms with Crippen molar-refractivity contribution in [3.8, 4) is 0 Å². The van der Waals surface area contributed by atoms with Crippen LogP contribution in [-0.2, 0) is 0 Å². The SMILES string of the molecule is Cc1[nH]cc(NC(=O)c2ccc(Cl)c(Cl)c2)c1C(=O)O. The molecule has 1 amide bonds. The number of halogens is 2. The van der Waals surface area contributed by atoms with Crippen LogP contribution in [0.3, 0.4) is 0 Å². The lowest BCUT2D eigenvalue weighted by atomic mass is 10.2. The zero-order valence-electron chi connectivity index (χ0n) is 10.3. The van der Waals surface area contributed by atoms with Crippen molar-refractivity contribution in [3.63, 3.8) is 0 Å². The number of anilines is 1. The van der Waals surface area contributed by atoms with E-state index >= 15 is 0 Å².